The fourth-order valence-corrected chi connectivity index (χ4v) is 2.08. The molecule has 4 nitrogen and oxygen atoms in total. The summed E-state index contributed by atoms with van der Waals surface area (Å²) < 4.78 is 58.4. The molecule has 0 aliphatic rings. The zero-order chi connectivity index (χ0) is 19.0. The topological polar surface area (TPSA) is 36.9 Å². The third kappa shape index (κ3) is 5.79. The van der Waals surface area contributed by atoms with Crippen molar-refractivity contribution < 1.29 is 32.1 Å². The van der Waals surface area contributed by atoms with E-state index in [2.05, 4.69) is 0 Å². The Morgan fingerprint density at radius 3 is 1.88 bits per heavy atom. The molecule has 0 unspecified atom stereocenters. The van der Waals surface area contributed by atoms with Gasteiger partial charge in [0.25, 0.3) is 0 Å². The Morgan fingerprint density at radius 2 is 1.31 bits per heavy atom. The molecule has 0 spiro atoms. The van der Waals surface area contributed by atoms with E-state index in [0.717, 1.165) is 17.7 Å². The molecule has 0 saturated heterocycles. The van der Waals surface area contributed by atoms with E-state index in [1.54, 1.807) is 30.4 Å². The van der Waals surface area contributed by atoms with Crippen molar-refractivity contribution in [3.05, 3.63) is 59.2 Å². The van der Waals surface area contributed by atoms with Crippen LogP contribution in [0.1, 0.15) is 16.7 Å². The van der Waals surface area contributed by atoms with Gasteiger partial charge in [-0.3, -0.25) is 0 Å². The summed E-state index contributed by atoms with van der Waals surface area (Å²) in [6.45, 7) is 0.125. The van der Waals surface area contributed by atoms with Crippen LogP contribution >= 0.6 is 0 Å². The maximum Gasteiger partial charge on any atom is 0.416 e. The van der Waals surface area contributed by atoms with E-state index >= 15 is 0 Å². The first kappa shape index (κ1) is 19.8. The van der Waals surface area contributed by atoms with Gasteiger partial charge in [-0.1, -0.05) is 30.4 Å². The van der Waals surface area contributed by atoms with Gasteiger partial charge in [-0.25, -0.2) is 0 Å². The number of alkyl halides is 3. The third-order valence-electron chi connectivity index (χ3n) is 3.34. The highest BCUT2D eigenvalue weighted by molar-refractivity contribution is 5.71. The van der Waals surface area contributed by atoms with E-state index < -0.39 is 11.7 Å². The molecule has 2 rings (SSSR count). The number of halogens is 3. The van der Waals surface area contributed by atoms with Crippen LogP contribution in [-0.4, -0.2) is 27.8 Å². The predicted octanol–water partition coefficient (Wildman–Crippen LogP) is 4.84. The van der Waals surface area contributed by atoms with Gasteiger partial charge in [-0.05, 0) is 35.4 Å². The van der Waals surface area contributed by atoms with Gasteiger partial charge in [0.05, 0.1) is 5.56 Å². The van der Waals surface area contributed by atoms with Crippen molar-refractivity contribution in [1.82, 2.24) is 0 Å². The van der Waals surface area contributed by atoms with E-state index in [4.69, 9.17) is 18.9 Å². The monoisotopic (exact) mass is 368 g/mol. The molecule has 2 aromatic rings. The highest BCUT2D eigenvalue weighted by atomic mass is 19.4. The Morgan fingerprint density at radius 1 is 0.769 bits per heavy atom. The molecular formula is C19H19F3O4. The summed E-state index contributed by atoms with van der Waals surface area (Å²) in [6.07, 6.45) is -0.860. The Labute approximate surface area is 149 Å². The molecule has 0 amide bonds. The highest BCUT2D eigenvalue weighted by Crippen LogP contribution is 2.30. The van der Waals surface area contributed by atoms with Gasteiger partial charge in [0.2, 0.25) is 0 Å². The molecule has 0 aliphatic carbocycles. The van der Waals surface area contributed by atoms with Gasteiger partial charge in [0.1, 0.15) is 0 Å². The Bertz CT molecular complexity index is 725. The zero-order valence-electron chi connectivity index (χ0n) is 14.4. The lowest BCUT2D eigenvalue weighted by molar-refractivity contribution is -0.137. The number of rotatable bonds is 8. The molecular weight excluding hydrogens is 349 g/mol. The number of ether oxygens (including phenoxy) is 4. The van der Waals surface area contributed by atoms with E-state index in [9.17, 15) is 13.2 Å². The lowest BCUT2D eigenvalue weighted by Crippen LogP contribution is -2.04. The standard InChI is InChI=1S/C19H19F3O4/c1-23-12-25-17-10-7-15(11-18(17)26-13-24-2)4-3-14-5-8-16(9-6-14)19(20,21)22/h3-11H,12-13H2,1-2H3/b4-3+. The molecule has 0 heterocycles. The van der Waals surface area contributed by atoms with Gasteiger partial charge in [0.15, 0.2) is 25.1 Å². The largest absolute Gasteiger partial charge is 0.464 e. The molecule has 0 aromatic heterocycles. The van der Waals surface area contributed by atoms with Crippen LogP contribution in [0.15, 0.2) is 42.5 Å². The second kappa shape index (κ2) is 9.26. The second-order valence-electron chi connectivity index (χ2n) is 5.26. The molecule has 0 N–H and O–H groups in total. The third-order valence-corrected chi connectivity index (χ3v) is 3.34. The quantitative estimate of drug-likeness (QED) is 0.493. The lowest BCUT2D eigenvalue weighted by atomic mass is 10.1. The number of methoxy groups -OCH3 is 2. The van der Waals surface area contributed by atoms with Crippen LogP contribution in [0.5, 0.6) is 11.5 Å². The summed E-state index contributed by atoms with van der Waals surface area (Å²) in [7, 11) is 3.01. The minimum atomic E-state index is -4.34. The average Bonchev–Trinajstić information content (AvgIpc) is 2.63. The van der Waals surface area contributed by atoms with Crippen molar-refractivity contribution >= 4 is 12.2 Å². The van der Waals surface area contributed by atoms with E-state index in [0.29, 0.717) is 17.1 Å². The Balaban J connectivity index is 2.15. The molecule has 0 atom stereocenters. The van der Waals surface area contributed by atoms with Crippen LogP contribution in [0.3, 0.4) is 0 Å². The van der Waals surface area contributed by atoms with Gasteiger partial charge in [-0.15, -0.1) is 0 Å². The molecule has 7 heteroatoms. The molecule has 140 valence electrons. The molecule has 0 aliphatic heterocycles. The van der Waals surface area contributed by atoms with Crippen LogP contribution in [0.25, 0.3) is 12.2 Å². The summed E-state index contributed by atoms with van der Waals surface area (Å²) in [5.74, 6) is 0.967. The van der Waals surface area contributed by atoms with Gasteiger partial charge >= 0.3 is 6.18 Å². The SMILES string of the molecule is COCOc1ccc(/C=C/c2ccc(C(F)(F)F)cc2)cc1OCOC. The van der Waals surface area contributed by atoms with E-state index in [1.807, 2.05) is 0 Å². The van der Waals surface area contributed by atoms with Gasteiger partial charge in [0, 0.05) is 14.2 Å². The summed E-state index contributed by atoms with van der Waals surface area (Å²) in [5, 5.41) is 0. The average molecular weight is 368 g/mol. The summed E-state index contributed by atoms with van der Waals surface area (Å²) in [6, 6.07) is 10.2. The molecule has 26 heavy (non-hydrogen) atoms. The van der Waals surface area contributed by atoms with E-state index in [1.165, 1.54) is 26.4 Å². The lowest BCUT2D eigenvalue weighted by Gasteiger charge is -2.12. The normalized spacial score (nSPS) is 11.7. The first-order chi connectivity index (χ1) is 12.4. The number of benzene rings is 2. The van der Waals surface area contributed by atoms with Crippen molar-refractivity contribution in [1.29, 1.82) is 0 Å². The van der Waals surface area contributed by atoms with Gasteiger partial charge < -0.3 is 18.9 Å². The van der Waals surface area contributed by atoms with Crippen molar-refractivity contribution in [3.8, 4) is 11.5 Å². The maximum atomic E-state index is 12.6. The van der Waals surface area contributed by atoms with Crippen molar-refractivity contribution in [3.63, 3.8) is 0 Å². The molecule has 0 bridgehead atoms. The van der Waals surface area contributed by atoms with Crippen molar-refractivity contribution in [2.75, 3.05) is 27.8 Å². The summed E-state index contributed by atoms with van der Waals surface area (Å²) in [4.78, 5) is 0. The second-order valence-corrected chi connectivity index (χ2v) is 5.26. The molecule has 0 radical (unpaired) electrons. The van der Waals surface area contributed by atoms with Crippen LogP contribution in [-0.2, 0) is 15.7 Å². The number of hydrogen-bond donors (Lipinski definition) is 0. The Hall–Kier alpha value is -2.51. The molecule has 0 saturated carbocycles. The minimum absolute atomic E-state index is 0.0510. The van der Waals surface area contributed by atoms with Crippen molar-refractivity contribution in [2.45, 2.75) is 6.18 Å². The minimum Gasteiger partial charge on any atom is -0.464 e. The first-order valence-corrected chi connectivity index (χ1v) is 7.67. The van der Waals surface area contributed by atoms with Crippen molar-refractivity contribution in [2.24, 2.45) is 0 Å². The summed E-state index contributed by atoms with van der Waals surface area (Å²) in [5.41, 5.74) is 0.766. The smallest absolute Gasteiger partial charge is 0.416 e. The fraction of sp³-hybridized carbons (Fsp3) is 0.263. The van der Waals surface area contributed by atoms with Gasteiger partial charge in [-0.2, -0.15) is 13.2 Å². The predicted molar refractivity (Wildman–Crippen MR) is 91.8 cm³/mol. The molecule has 2 aromatic carbocycles. The first-order valence-electron chi connectivity index (χ1n) is 7.67. The summed E-state index contributed by atoms with van der Waals surface area (Å²) >= 11 is 0. The maximum absolute atomic E-state index is 12.6. The van der Waals surface area contributed by atoms with E-state index in [-0.39, 0.29) is 13.6 Å². The highest BCUT2D eigenvalue weighted by Gasteiger charge is 2.29. The van der Waals surface area contributed by atoms with Crippen LogP contribution in [0.4, 0.5) is 13.2 Å². The van der Waals surface area contributed by atoms with Crippen LogP contribution < -0.4 is 9.47 Å². The molecule has 0 fully saturated rings. The van der Waals surface area contributed by atoms with Crippen LogP contribution in [0, 0.1) is 0 Å². The van der Waals surface area contributed by atoms with Crippen LogP contribution in [0.2, 0.25) is 0 Å². The number of hydrogen-bond acceptors (Lipinski definition) is 4. The zero-order valence-corrected chi connectivity index (χ0v) is 14.4. The fourth-order valence-electron chi connectivity index (χ4n) is 2.08. The Kier molecular flexibility index (Phi) is 7.06.